The molecule has 1 aromatic carbocycles. The van der Waals surface area contributed by atoms with Crippen molar-refractivity contribution in [2.75, 3.05) is 13.2 Å². The number of benzene rings is 1. The molecule has 106 valence electrons. The van der Waals surface area contributed by atoms with Crippen LogP contribution in [0.25, 0.3) is 0 Å². The molecule has 1 aromatic rings. The smallest absolute Gasteiger partial charge is 0.303 e. The summed E-state index contributed by atoms with van der Waals surface area (Å²) in [5.41, 5.74) is 6.73. The van der Waals surface area contributed by atoms with E-state index in [0.717, 1.165) is 12.0 Å². The van der Waals surface area contributed by atoms with Crippen molar-refractivity contribution in [2.45, 2.75) is 26.4 Å². The monoisotopic (exact) mass is 265 g/mol. The molecule has 0 aromatic heterocycles. The van der Waals surface area contributed by atoms with Crippen molar-refractivity contribution in [1.82, 2.24) is 0 Å². The number of ether oxygens (including phenoxy) is 1. The number of carboxylic acids is 1. The lowest BCUT2D eigenvalue weighted by Gasteiger charge is -2.18. The number of aliphatic carboxylic acids is 1. The maximum absolute atomic E-state index is 10.7. The zero-order chi connectivity index (χ0) is 14.1. The molecule has 2 unspecified atom stereocenters. The molecule has 0 spiro atoms. The van der Waals surface area contributed by atoms with Crippen LogP contribution in [-0.4, -0.2) is 24.2 Å². The van der Waals surface area contributed by atoms with Crippen molar-refractivity contribution in [3.05, 3.63) is 35.9 Å². The highest BCUT2D eigenvalue weighted by Crippen LogP contribution is 2.15. The average molecular weight is 265 g/mol. The molecule has 0 amide bonds. The predicted molar refractivity (Wildman–Crippen MR) is 74.7 cm³/mol. The van der Waals surface area contributed by atoms with Crippen LogP contribution in [0.1, 0.15) is 25.3 Å². The molecule has 0 heterocycles. The fourth-order valence-corrected chi connectivity index (χ4v) is 2.10. The lowest BCUT2D eigenvalue weighted by molar-refractivity contribution is -0.138. The third-order valence-corrected chi connectivity index (χ3v) is 3.05. The molecular weight excluding hydrogens is 242 g/mol. The number of carboxylic acid groups (broad SMARTS) is 1. The van der Waals surface area contributed by atoms with Gasteiger partial charge in [0.05, 0.1) is 6.61 Å². The number of hydrogen-bond donors (Lipinski definition) is 2. The Labute approximate surface area is 114 Å². The molecule has 0 aliphatic rings. The molecule has 0 radical (unpaired) electrons. The van der Waals surface area contributed by atoms with Gasteiger partial charge in [-0.1, -0.05) is 37.3 Å². The molecule has 2 atom stereocenters. The van der Waals surface area contributed by atoms with Gasteiger partial charge in [-0.3, -0.25) is 4.79 Å². The summed E-state index contributed by atoms with van der Waals surface area (Å²) in [4.78, 5) is 10.7. The molecule has 4 nitrogen and oxygen atoms in total. The first-order valence-corrected chi connectivity index (χ1v) is 6.65. The fraction of sp³-hybridized carbons (Fsp3) is 0.533. The first-order chi connectivity index (χ1) is 9.11. The second-order valence-electron chi connectivity index (χ2n) is 5.04. The van der Waals surface area contributed by atoms with E-state index in [2.05, 4.69) is 6.92 Å². The minimum Gasteiger partial charge on any atom is -0.481 e. The Morgan fingerprint density at radius 3 is 2.63 bits per heavy atom. The van der Waals surface area contributed by atoms with E-state index in [0.29, 0.717) is 25.7 Å². The minimum atomic E-state index is -0.784. The molecule has 0 aliphatic heterocycles. The lowest BCUT2D eigenvalue weighted by atomic mass is 9.94. The second kappa shape index (κ2) is 8.67. The summed E-state index contributed by atoms with van der Waals surface area (Å²) in [5, 5.41) is 8.77. The number of nitrogens with two attached hydrogens (primary N) is 1. The topological polar surface area (TPSA) is 72.5 Å². The summed E-state index contributed by atoms with van der Waals surface area (Å²) in [7, 11) is 0. The first kappa shape index (κ1) is 15.7. The van der Waals surface area contributed by atoms with Crippen LogP contribution in [-0.2, 0) is 16.1 Å². The van der Waals surface area contributed by atoms with E-state index in [1.54, 1.807) is 0 Å². The average Bonchev–Trinajstić information content (AvgIpc) is 2.38. The van der Waals surface area contributed by atoms with Crippen LogP contribution in [0.15, 0.2) is 30.3 Å². The predicted octanol–water partition coefficient (Wildman–Crippen LogP) is 2.28. The van der Waals surface area contributed by atoms with E-state index >= 15 is 0 Å². The normalized spacial score (nSPS) is 14.0. The number of carbonyl (C=O) groups is 1. The van der Waals surface area contributed by atoms with E-state index < -0.39 is 5.97 Å². The Bertz CT molecular complexity index is 367. The molecule has 4 heteroatoms. The van der Waals surface area contributed by atoms with Gasteiger partial charge in [0.1, 0.15) is 0 Å². The van der Waals surface area contributed by atoms with E-state index in [1.165, 1.54) is 0 Å². The van der Waals surface area contributed by atoms with Gasteiger partial charge in [0.2, 0.25) is 0 Å². The Morgan fingerprint density at radius 1 is 1.37 bits per heavy atom. The van der Waals surface area contributed by atoms with Gasteiger partial charge >= 0.3 is 5.97 Å². The third kappa shape index (κ3) is 6.94. The number of rotatable bonds is 9. The summed E-state index contributed by atoms with van der Waals surface area (Å²) in [6, 6.07) is 10.00. The fourth-order valence-electron chi connectivity index (χ4n) is 2.10. The summed E-state index contributed by atoms with van der Waals surface area (Å²) in [6.45, 7) is 3.70. The van der Waals surface area contributed by atoms with Gasteiger partial charge in [0.25, 0.3) is 0 Å². The molecule has 0 saturated carbocycles. The quantitative estimate of drug-likeness (QED) is 0.718. The zero-order valence-electron chi connectivity index (χ0n) is 11.4. The highest BCUT2D eigenvalue weighted by molar-refractivity contribution is 5.67. The van der Waals surface area contributed by atoms with E-state index in [-0.39, 0.29) is 12.3 Å². The molecule has 0 aliphatic carbocycles. The van der Waals surface area contributed by atoms with Crippen molar-refractivity contribution in [1.29, 1.82) is 0 Å². The van der Waals surface area contributed by atoms with Crippen LogP contribution in [0.3, 0.4) is 0 Å². The van der Waals surface area contributed by atoms with Gasteiger partial charge in [0.15, 0.2) is 0 Å². The van der Waals surface area contributed by atoms with Gasteiger partial charge in [-0.15, -0.1) is 0 Å². The molecule has 1 rings (SSSR count). The van der Waals surface area contributed by atoms with Gasteiger partial charge in [-0.25, -0.2) is 0 Å². The Hall–Kier alpha value is -1.39. The van der Waals surface area contributed by atoms with E-state index in [4.69, 9.17) is 15.6 Å². The summed E-state index contributed by atoms with van der Waals surface area (Å²) >= 11 is 0. The second-order valence-corrected chi connectivity index (χ2v) is 5.04. The summed E-state index contributed by atoms with van der Waals surface area (Å²) < 4.78 is 5.64. The SMILES string of the molecule is CC(COCc1ccccc1)CC(CN)CC(=O)O. The van der Waals surface area contributed by atoms with Crippen LogP contribution in [0, 0.1) is 11.8 Å². The Balaban J connectivity index is 2.23. The maximum Gasteiger partial charge on any atom is 0.303 e. The van der Waals surface area contributed by atoms with E-state index in [9.17, 15) is 4.79 Å². The standard InChI is InChI=1S/C15H23NO3/c1-12(7-14(9-16)8-15(17)18)10-19-11-13-5-3-2-4-6-13/h2-6,12,14H,7-11,16H2,1H3,(H,17,18). The maximum atomic E-state index is 10.7. The van der Waals surface area contributed by atoms with Crippen LogP contribution in [0.2, 0.25) is 0 Å². The van der Waals surface area contributed by atoms with Gasteiger partial charge < -0.3 is 15.6 Å². The molecular formula is C15H23NO3. The van der Waals surface area contributed by atoms with Gasteiger partial charge in [0, 0.05) is 13.0 Å². The first-order valence-electron chi connectivity index (χ1n) is 6.65. The third-order valence-electron chi connectivity index (χ3n) is 3.05. The molecule has 19 heavy (non-hydrogen) atoms. The van der Waals surface area contributed by atoms with Crippen molar-refractivity contribution in [3.8, 4) is 0 Å². The highest BCUT2D eigenvalue weighted by Gasteiger charge is 2.15. The summed E-state index contributed by atoms with van der Waals surface area (Å²) in [5.74, 6) is -0.433. The van der Waals surface area contributed by atoms with Crippen LogP contribution in [0.5, 0.6) is 0 Å². The molecule has 0 bridgehead atoms. The van der Waals surface area contributed by atoms with Crippen molar-refractivity contribution < 1.29 is 14.6 Å². The van der Waals surface area contributed by atoms with Crippen molar-refractivity contribution in [3.63, 3.8) is 0 Å². The summed E-state index contributed by atoms with van der Waals surface area (Å²) in [6.07, 6.45) is 0.928. The Kier molecular flexibility index (Phi) is 7.15. The molecule has 3 N–H and O–H groups in total. The molecule has 0 saturated heterocycles. The zero-order valence-corrected chi connectivity index (χ0v) is 11.4. The van der Waals surface area contributed by atoms with Crippen molar-refractivity contribution >= 4 is 5.97 Å². The number of hydrogen-bond acceptors (Lipinski definition) is 3. The minimum absolute atomic E-state index is 0.0350. The van der Waals surface area contributed by atoms with Crippen LogP contribution < -0.4 is 5.73 Å². The lowest BCUT2D eigenvalue weighted by Crippen LogP contribution is -2.22. The van der Waals surface area contributed by atoms with Crippen LogP contribution in [0.4, 0.5) is 0 Å². The highest BCUT2D eigenvalue weighted by atomic mass is 16.5. The largest absolute Gasteiger partial charge is 0.481 e. The Morgan fingerprint density at radius 2 is 2.05 bits per heavy atom. The van der Waals surface area contributed by atoms with E-state index in [1.807, 2.05) is 30.3 Å². The van der Waals surface area contributed by atoms with Gasteiger partial charge in [-0.05, 0) is 30.4 Å². The van der Waals surface area contributed by atoms with Crippen LogP contribution >= 0.6 is 0 Å². The molecule has 0 fully saturated rings. The van der Waals surface area contributed by atoms with Crippen molar-refractivity contribution in [2.24, 2.45) is 17.6 Å². The van der Waals surface area contributed by atoms with Gasteiger partial charge in [-0.2, -0.15) is 0 Å².